The minimum Gasteiger partial charge on any atom is -0.365 e. The zero-order chi connectivity index (χ0) is 9.84. The van der Waals surface area contributed by atoms with E-state index in [2.05, 4.69) is 5.32 Å². The number of hydrogen-bond acceptors (Lipinski definition) is 4. The first kappa shape index (κ1) is 10.2. The average Bonchev–Trinajstić information content (AvgIpc) is 2.04. The van der Waals surface area contributed by atoms with Crippen molar-refractivity contribution in [2.75, 3.05) is 6.54 Å². The van der Waals surface area contributed by atoms with Crippen LogP contribution in [0, 0.1) is 0 Å². The molecule has 13 heavy (non-hydrogen) atoms. The van der Waals surface area contributed by atoms with Gasteiger partial charge in [0.1, 0.15) is 0 Å². The van der Waals surface area contributed by atoms with Crippen LogP contribution in [0.25, 0.3) is 0 Å². The predicted octanol–water partition coefficient (Wildman–Crippen LogP) is -1.33. The van der Waals surface area contributed by atoms with E-state index < -0.39 is 16.2 Å². The Labute approximate surface area is 77.8 Å². The maximum Gasteiger partial charge on any atom is 0.261 e. The standard InChI is InChI=1S/C7H12N2O3S/c8-7(10)6(13(11)12)5-3-1-2-4-9-5/h5,9H,1-4H2,(H2,8,10). The molecular weight excluding hydrogens is 192 g/mol. The van der Waals surface area contributed by atoms with Crippen LogP contribution >= 0.6 is 0 Å². The quantitative estimate of drug-likeness (QED) is 0.545. The van der Waals surface area contributed by atoms with E-state index in [1.165, 1.54) is 0 Å². The van der Waals surface area contributed by atoms with Crippen molar-refractivity contribution >= 4 is 21.1 Å². The van der Waals surface area contributed by atoms with Crippen molar-refractivity contribution in [2.45, 2.75) is 25.3 Å². The van der Waals surface area contributed by atoms with Crippen LogP contribution in [0.15, 0.2) is 0 Å². The first-order valence-corrected chi connectivity index (χ1v) is 5.19. The monoisotopic (exact) mass is 204 g/mol. The van der Waals surface area contributed by atoms with Gasteiger partial charge in [-0.25, -0.2) is 0 Å². The summed E-state index contributed by atoms with van der Waals surface area (Å²) in [5, 5.41) is 2.95. The predicted molar refractivity (Wildman–Crippen MR) is 48.8 cm³/mol. The number of carbonyl (C=O) groups excluding carboxylic acids is 1. The van der Waals surface area contributed by atoms with Crippen LogP contribution in [0.3, 0.4) is 0 Å². The lowest BCUT2D eigenvalue weighted by atomic mass is 10.0. The highest BCUT2D eigenvalue weighted by atomic mass is 32.2. The fraction of sp³-hybridized carbons (Fsp3) is 0.714. The van der Waals surface area contributed by atoms with E-state index in [0.29, 0.717) is 6.42 Å². The summed E-state index contributed by atoms with van der Waals surface area (Å²) in [6, 6.07) is -0.385. The van der Waals surface area contributed by atoms with Crippen LogP contribution in [0.2, 0.25) is 0 Å². The molecule has 1 amide bonds. The minimum absolute atomic E-state index is 0.222. The zero-order valence-electron chi connectivity index (χ0n) is 7.12. The smallest absolute Gasteiger partial charge is 0.261 e. The molecule has 1 fully saturated rings. The fourth-order valence-corrected chi connectivity index (χ4v) is 2.04. The van der Waals surface area contributed by atoms with Gasteiger partial charge in [-0.05, 0) is 19.4 Å². The fourth-order valence-electron chi connectivity index (χ4n) is 1.45. The highest BCUT2D eigenvalue weighted by molar-refractivity contribution is 7.75. The molecule has 6 heteroatoms. The molecule has 1 atom stereocenters. The SMILES string of the molecule is NC(=O)C(C1CCCCN1)=S(=O)=O. The van der Waals surface area contributed by atoms with Gasteiger partial charge in [0.25, 0.3) is 5.91 Å². The third-order valence-corrected chi connectivity index (χ3v) is 2.89. The Morgan fingerprint density at radius 3 is 2.46 bits per heavy atom. The zero-order valence-corrected chi connectivity index (χ0v) is 7.93. The van der Waals surface area contributed by atoms with E-state index in [1.54, 1.807) is 0 Å². The van der Waals surface area contributed by atoms with E-state index in [1.807, 2.05) is 0 Å². The Morgan fingerprint density at radius 2 is 2.08 bits per heavy atom. The number of primary amides is 1. The van der Waals surface area contributed by atoms with Gasteiger partial charge in [-0.3, -0.25) is 4.79 Å². The van der Waals surface area contributed by atoms with Crippen LogP contribution in [-0.4, -0.2) is 31.8 Å². The topological polar surface area (TPSA) is 89.3 Å². The van der Waals surface area contributed by atoms with Gasteiger partial charge in [0.2, 0.25) is 10.3 Å². The lowest BCUT2D eigenvalue weighted by molar-refractivity contribution is -0.112. The molecule has 0 aliphatic carbocycles. The molecule has 74 valence electrons. The summed E-state index contributed by atoms with van der Waals surface area (Å²) in [5.74, 6) is -0.854. The van der Waals surface area contributed by atoms with Crippen LogP contribution in [-0.2, 0) is 15.1 Å². The third-order valence-electron chi connectivity index (χ3n) is 2.05. The van der Waals surface area contributed by atoms with Crippen molar-refractivity contribution in [1.29, 1.82) is 0 Å². The first-order valence-electron chi connectivity index (χ1n) is 4.12. The molecule has 1 saturated heterocycles. The Morgan fingerprint density at radius 1 is 1.38 bits per heavy atom. The lowest BCUT2D eigenvalue weighted by Crippen LogP contribution is -2.46. The Hall–Kier alpha value is -0.880. The van der Waals surface area contributed by atoms with Gasteiger partial charge >= 0.3 is 0 Å². The van der Waals surface area contributed by atoms with Gasteiger partial charge in [-0.1, -0.05) is 6.42 Å². The van der Waals surface area contributed by atoms with E-state index in [-0.39, 0.29) is 10.9 Å². The van der Waals surface area contributed by atoms with E-state index in [9.17, 15) is 13.2 Å². The maximum absolute atomic E-state index is 10.8. The second-order valence-electron chi connectivity index (χ2n) is 2.97. The van der Waals surface area contributed by atoms with Gasteiger partial charge in [0.05, 0.1) is 6.04 Å². The van der Waals surface area contributed by atoms with Crippen LogP contribution in [0.4, 0.5) is 0 Å². The Kier molecular flexibility index (Phi) is 3.44. The molecule has 0 aromatic heterocycles. The number of amides is 1. The van der Waals surface area contributed by atoms with Gasteiger partial charge in [0.15, 0.2) is 4.86 Å². The molecule has 5 nitrogen and oxygen atoms in total. The molecule has 1 aliphatic rings. The molecule has 0 aromatic rings. The number of rotatable bonds is 2. The maximum atomic E-state index is 10.8. The van der Waals surface area contributed by atoms with Crippen molar-refractivity contribution in [2.24, 2.45) is 5.73 Å². The highest BCUT2D eigenvalue weighted by Crippen LogP contribution is 2.07. The summed E-state index contributed by atoms with van der Waals surface area (Å²) in [7, 11) is -2.50. The van der Waals surface area contributed by atoms with Crippen molar-refractivity contribution in [3.63, 3.8) is 0 Å². The van der Waals surface area contributed by atoms with Gasteiger partial charge in [-0.2, -0.15) is 8.42 Å². The molecule has 1 heterocycles. The molecular formula is C7H12N2O3S. The second kappa shape index (κ2) is 4.38. The normalized spacial score (nSPS) is 22.3. The molecule has 0 bridgehead atoms. The third kappa shape index (κ3) is 2.53. The van der Waals surface area contributed by atoms with Gasteiger partial charge in [-0.15, -0.1) is 0 Å². The van der Waals surface area contributed by atoms with Crippen molar-refractivity contribution in [1.82, 2.24) is 5.32 Å². The second-order valence-corrected chi connectivity index (χ2v) is 3.87. The number of carbonyl (C=O) groups is 1. The summed E-state index contributed by atoms with van der Waals surface area (Å²) < 4.78 is 21.3. The first-order chi connectivity index (χ1) is 6.13. The Balaban J connectivity index is 2.89. The van der Waals surface area contributed by atoms with Crippen LogP contribution < -0.4 is 11.1 Å². The van der Waals surface area contributed by atoms with E-state index in [4.69, 9.17) is 5.73 Å². The molecule has 3 N–H and O–H groups in total. The summed E-state index contributed by atoms with van der Waals surface area (Å²) in [6.07, 6.45) is 2.59. The molecule has 0 spiro atoms. The number of piperidine rings is 1. The van der Waals surface area contributed by atoms with E-state index >= 15 is 0 Å². The van der Waals surface area contributed by atoms with Gasteiger partial charge in [0, 0.05) is 0 Å². The molecule has 1 unspecified atom stereocenters. The molecule has 0 saturated carbocycles. The molecule has 0 aromatic carbocycles. The number of nitrogens with two attached hydrogens (primary N) is 1. The number of nitrogens with one attached hydrogen (secondary N) is 1. The molecule has 1 rings (SSSR count). The summed E-state index contributed by atoms with van der Waals surface area (Å²) in [4.78, 5) is 10.6. The van der Waals surface area contributed by atoms with Crippen LogP contribution in [0.1, 0.15) is 19.3 Å². The summed E-state index contributed by atoms with van der Waals surface area (Å²) in [5.41, 5.74) is 4.96. The average molecular weight is 204 g/mol. The summed E-state index contributed by atoms with van der Waals surface area (Å²) >= 11 is 0. The molecule has 1 aliphatic heterocycles. The Bertz CT molecular complexity index is 320. The van der Waals surface area contributed by atoms with Crippen molar-refractivity contribution in [3.05, 3.63) is 0 Å². The minimum atomic E-state index is -2.50. The van der Waals surface area contributed by atoms with Crippen molar-refractivity contribution < 1.29 is 13.2 Å². The lowest BCUT2D eigenvalue weighted by Gasteiger charge is -2.21. The van der Waals surface area contributed by atoms with Gasteiger partial charge < -0.3 is 11.1 Å². The summed E-state index contributed by atoms with van der Waals surface area (Å²) in [6.45, 7) is 0.735. The highest BCUT2D eigenvalue weighted by Gasteiger charge is 2.23. The molecule has 0 radical (unpaired) electrons. The largest absolute Gasteiger partial charge is 0.365 e. The van der Waals surface area contributed by atoms with Crippen LogP contribution in [0.5, 0.6) is 0 Å². The van der Waals surface area contributed by atoms with E-state index in [0.717, 1.165) is 19.4 Å². The number of hydrogen-bond donors (Lipinski definition) is 2. The van der Waals surface area contributed by atoms with Crippen molar-refractivity contribution in [3.8, 4) is 0 Å².